The van der Waals surface area contributed by atoms with E-state index in [1.54, 1.807) is 10.8 Å². The molecule has 4 nitrogen and oxygen atoms in total. The molecule has 2 rings (SSSR count). The Balaban J connectivity index is 2.18. The van der Waals surface area contributed by atoms with Gasteiger partial charge in [0.05, 0.1) is 19.8 Å². The molecule has 0 radical (unpaired) electrons. The Morgan fingerprint density at radius 3 is 2.82 bits per heavy atom. The standard InChI is InChI=1S/C13H15NO3/c15-8-10-17-9-7-14-6-5-11-3-1-2-4-12(11)13(14)16/h1-6,15H,7-10H2. The normalized spacial score (nSPS) is 10.9. The molecule has 0 fully saturated rings. The molecule has 0 atom stereocenters. The molecule has 0 saturated carbocycles. The third-order valence-electron chi connectivity index (χ3n) is 2.60. The minimum atomic E-state index is -0.00398. The van der Waals surface area contributed by atoms with Gasteiger partial charge in [-0.2, -0.15) is 0 Å². The average Bonchev–Trinajstić information content (AvgIpc) is 2.37. The first kappa shape index (κ1) is 11.8. The van der Waals surface area contributed by atoms with Crippen molar-refractivity contribution in [3.63, 3.8) is 0 Å². The molecule has 1 heterocycles. The second kappa shape index (κ2) is 5.61. The summed E-state index contributed by atoms with van der Waals surface area (Å²) >= 11 is 0. The summed E-state index contributed by atoms with van der Waals surface area (Å²) in [6.07, 6.45) is 1.77. The van der Waals surface area contributed by atoms with Gasteiger partial charge in [-0.05, 0) is 17.5 Å². The first-order chi connectivity index (χ1) is 8.33. The quantitative estimate of drug-likeness (QED) is 0.784. The highest BCUT2D eigenvalue weighted by molar-refractivity contribution is 5.81. The summed E-state index contributed by atoms with van der Waals surface area (Å²) in [5.74, 6) is 0. The van der Waals surface area contributed by atoms with Crippen LogP contribution in [0, 0.1) is 0 Å². The Morgan fingerprint density at radius 2 is 2.00 bits per heavy atom. The SMILES string of the molecule is O=c1c2ccccc2ccn1CCOCCO. The van der Waals surface area contributed by atoms with E-state index in [2.05, 4.69) is 0 Å². The van der Waals surface area contributed by atoms with Crippen molar-refractivity contribution in [3.05, 3.63) is 46.9 Å². The van der Waals surface area contributed by atoms with Gasteiger partial charge in [0.1, 0.15) is 0 Å². The molecule has 0 aliphatic heterocycles. The summed E-state index contributed by atoms with van der Waals surface area (Å²) in [7, 11) is 0. The summed E-state index contributed by atoms with van der Waals surface area (Å²) in [6, 6.07) is 9.43. The molecule has 0 aliphatic rings. The van der Waals surface area contributed by atoms with E-state index in [0.717, 1.165) is 10.8 Å². The fourth-order valence-electron chi connectivity index (χ4n) is 1.74. The highest BCUT2D eigenvalue weighted by Gasteiger charge is 2.01. The number of nitrogens with zero attached hydrogens (tertiary/aromatic N) is 1. The average molecular weight is 233 g/mol. The van der Waals surface area contributed by atoms with Gasteiger partial charge in [0.15, 0.2) is 0 Å². The lowest BCUT2D eigenvalue weighted by Crippen LogP contribution is -2.22. The largest absolute Gasteiger partial charge is 0.394 e. The zero-order valence-corrected chi connectivity index (χ0v) is 9.50. The maximum absolute atomic E-state index is 12.1. The lowest BCUT2D eigenvalue weighted by molar-refractivity contribution is 0.0866. The highest BCUT2D eigenvalue weighted by Crippen LogP contribution is 2.07. The predicted molar refractivity (Wildman–Crippen MR) is 66.1 cm³/mol. The van der Waals surface area contributed by atoms with Gasteiger partial charge in [0.2, 0.25) is 0 Å². The number of pyridine rings is 1. The molecule has 0 spiro atoms. The van der Waals surface area contributed by atoms with E-state index < -0.39 is 0 Å². The van der Waals surface area contributed by atoms with Crippen molar-refractivity contribution >= 4 is 10.8 Å². The number of hydrogen-bond acceptors (Lipinski definition) is 3. The fourth-order valence-corrected chi connectivity index (χ4v) is 1.74. The molecule has 17 heavy (non-hydrogen) atoms. The number of hydrogen-bond donors (Lipinski definition) is 1. The maximum atomic E-state index is 12.1. The van der Waals surface area contributed by atoms with Crippen LogP contribution < -0.4 is 5.56 Å². The van der Waals surface area contributed by atoms with Gasteiger partial charge in [-0.3, -0.25) is 4.79 Å². The lowest BCUT2D eigenvalue weighted by Gasteiger charge is -2.07. The monoisotopic (exact) mass is 233 g/mol. The van der Waals surface area contributed by atoms with Crippen LogP contribution in [-0.4, -0.2) is 29.5 Å². The summed E-state index contributed by atoms with van der Waals surface area (Å²) in [5.41, 5.74) is -0.00398. The van der Waals surface area contributed by atoms with Crippen LogP contribution in [0.2, 0.25) is 0 Å². The van der Waals surface area contributed by atoms with Gasteiger partial charge >= 0.3 is 0 Å². The van der Waals surface area contributed by atoms with Crippen molar-refractivity contribution in [1.29, 1.82) is 0 Å². The third-order valence-corrected chi connectivity index (χ3v) is 2.60. The van der Waals surface area contributed by atoms with Crippen LogP contribution in [0.1, 0.15) is 0 Å². The fraction of sp³-hybridized carbons (Fsp3) is 0.308. The number of aliphatic hydroxyl groups excluding tert-OH is 1. The first-order valence-corrected chi connectivity index (χ1v) is 5.60. The third kappa shape index (κ3) is 2.72. The summed E-state index contributed by atoms with van der Waals surface area (Å²) in [4.78, 5) is 12.1. The Labute approximate surface area is 99.1 Å². The van der Waals surface area contributed by atoms with Crippen molar-refractivity contribution in [2.75, 3.05) is 19.8 Å². The van der Waals surface area contributed by atoms with Gasteiger partial charge in [0.25, 0.3) is 5.56 Å². The van der Waals surface area contributed by atoms with Crippen LogP contribution in [0.25, 0.3) is 10.8 Å². The second-order valence-electron chi connectivity index (χ2n) is 3.74. The minimum absolute atomic E-state index is 0.00398. The minimum Gasteiger partial charge on any atom is -0.394 e. The molecular weight excluding hydrogens is 218 g/mol. The van der Waals surface area contributed by atoms with Crippen LogP contribution in [0.4, 0.5) is 0 Å². The predicted octanol–water partition coefficient (Wildman–Crippen LogP) is 1.01. The first-order valence-electron chi connectivity index (χ1n) is 5.60. The number of rotatable bonds is 5. The molecule has 2 aromatic rings. The summed E-state index contributed by atoms with van der Waals surface area (Å²) < 4.78 is 6.77. The molecular formula is C13H15NO3. The van der Waals surface area contributed by atoms with E-state index in [1.165, 1.54) is 0 Å². The van der Waals surface area contributed by atoms with Gasteiger partial charge in [0, 0.05) is 18.1 Å². The zero-order valence-electron chi connectivity index (χ0n) is 9.50. The maximum Gasteiger partial charge on any atom is 0.258 e. The molecule has 1 aromatic heterocycles. The Hall–Kier alpha value is -1.65. The van der Waals surface area contributed by atoms with Crippen molar-refractivity contribution in [2.24, 2.45) is 0 Å². The summed E-state index contributed by atoms with van der Waals surface area (Å²) in [6.45, 7) is 1.25. The van der Waals surface area contributed by atoms with Crippen molar-refractivity contribution in [1.82, 2.24) is 4.57 Å². The lowest BCUT2D eigenvalue weighted by atomic mass is 10.2. The van der Waals surface area contributed by atoms with E-state index in [0.29, 0.717) is 19.8 Å². The number of ether oxygens (including phenoxy) is 1. The van der Waals surface area contributed by atoms with E-state index >= 15 is 0 Å². The van der Waals surface area contributed by atoms with Crippen LogP contribution in [0.3, 0.4) is 0 Å². The number of fused-ring (bicyclic) bond motifs is 1. The molecule has 1 aromatic carbocycles. The van der Waals surface area contributed by atoms with Crippen molar-refractivity contribution < 1.29 is 9.84 Å². The van der Waals surface area contributed by atoms with E-state index in [9.17, 15) is 4.79 Å². The number of benzene rings is 1. The smallest absolute Gasteiger partial charge is 0.258 e. The van der Waals surface area contributed by atoms with Crippen LogP contribution in [0.15, 0.2) is 41.3 Å². The van der Waals surface area contributed by atoms with E-state index in [4.69, 9.17) is 9.84 Å². The van der Waals surface area contributed by atoms with Crippen LogP contribution in [0.5, 0.6) is 0 Å². The topological polar surface area (TPSA) is 51.5 Å². The number of aromatic nitrogens is 1. The van der Waals surface area contributed by atoms with E-state index in [1.807, 2.05) is 30.3 Å². The van der Waals surface area contributed by atoms with Gasteiger partial charge < -0.3 is 14.4 Å². The Kier molecular flexibility index (Phi) is 3.90. The molecule has 0 amide bonds. The van der Waals surface area contributed by atoms with Crippen LogP contribution in [-0.2, 0) is 11.3 Å². The summed E-state index contributed by atoms with van der Waals surface area (Å²) in [5, 5.41) is 10.2. The Bertz CT molecular complexity index is 548. The zero-order chi connectivity index (χ0) is 12.1. The van der Waals surface area contributed by atoms with Crippen molar-refractivity contribution in [2.45, 2.75) is 6.54 Å². The molecule has 0 saturated heterocycles. The second-order valence-corrected chi connectivity index (χ2v) is 3.74. The van der Waals surface area contributed by atoms with Gasteiger partial charge in [-0.1, -0.05) is 18.2 Å². The molecule has 4 heteroatoms. The number of aliphatic hydroxyl groups is 1. The van der Waals surface area contributed by atoms with Crippen molar-refractivity contribution in [3.8, 4) is 0 Å². The molecule has 90 valence electrons. The molecule has 0 aliphatic carbocycles. The van der Waals surface area contributed by atoms with Gasteiger partial charge in [-0.15, -0.1) is 0 Å². The molecule has 0 bridgehead atoms. The Morgan fingerprint density at radius 1 is 1.18 bits per heavy atom. The molecule has 1 N–H and O–H groups in total. The van der Waals surface area contributed by atoms with Crippen LogP contribution >= 0.6 is 0 Å². The van der Waals surface area contributed by atoms with E-state index in [-0.39, 0.29) is 12.2 Å². The van der Waals surface area contributed by atoms with Gasteiger partial charge in [-0.25, -0.2) is 0 Å². The molecule has 0 unspecified atom stereocenters. The highest BCUT2D eigenvalue weighted by atomic mass is 16.5.